The van der Waals surface area contributed by atoms with Crippen molar-refractivity contribution in [2.45, 2.75) is 49.7 Å². The molecule has 2 heterocycles. The first-order chi connectivity index (χ1) is 15.3. The number of thiophene rings is 1. The number of carbonyl (C=O) groups is 2. The molecule has 1 aromatic carbocycles. The second-order valence-corrected chi connectivity index (χ2v) is 9.69. The van der Waals surface area contributed by atoms with Crippen LogP contribution in [-0.4, -0.2) is 27.3 Å². The maximum atomic E-state index is 13.0. The maximum absolute atomic E-state index is 13.0. The van der Waals surface area contributed by atoms with Crippen molar-refractivity contribution < 1.29 is 23.1 Å². The molecule has 0 radical (unpaired) electrons. The summed E-state index contributed by atoms with van der Waals surface area (Å²) in [6.07, 6.45) is 2.12. The Kier molecular flexibility index (Phi) is 6.47. The van der Waals surface area contributed by atoms with E-state index in [1.165, 1.54) is 35.6 Å². The van der Waals surface area contributed by atoms with Crippen molar-refractivity contribution in [1.82, 2.24) is 10.2 Å². The number of nitrogens with one attached hydrogen (secondary N) is 1. The molecule has 2 aromatic heterocycles. The summed E-state index contributed by atoms with van der Waals surface area (Å²) in [5, 5.41) is 10.9. The Labute approximate surface area is 191 Å². The number of anilines is 1. The van der Waals surface area contributed by atoms with Crippen LogP contribution in [0.1, 0.15) is 53.1 Å². The van der Waals surface area contributed by atoms with Gasteiger partial charge in [0.05, 0.1) is 10.8 Å². The molecule has 168 valence electrons. The standard InChI is InChI=1S/C21H21FN4O4S2/c1-10(29-13-8-6-12(22)7-9-13)19-25-26-21(30-19)31-11(2)18(28)24-20-16(17(23)27)14-4-3-5-15(14)32-20/h6-11H,3-5H2,1-2H3,(H2,23,27)(H,24,28)/t10-,11-/m1/s1. The van der Waals surface area contributed by atoms with Crippen LogP contribution in [-0.2, 0) is 17.6 Å². The summed E-state index contributed by atoms with van der Waals surface area (Å²) in [5.41, 5.74) is 6.92. The number of hydrogen-bond acceptors (Lipinski definition) is 8. The van der Waals surface area contributed by atoms with Crippen molar-refractivity contribution in [3.05, 3.63) is 52.0 Å². The SMILES string of the molecule is C[C@@H](Sc1nnc([C@@H](C)Oc2ccc(F)cc2)o1)C(=O)Nc1sc2c(c1C(N)=O)CCC2. The summed E-state index contributed by atoms with van der Waals surface area (Å²) < 4.78 is 24.3. The molecule has 11 heteroatoms. The second kappa shape index (κ2) is 9.29. The molecule has 3 N–H and O–H groups in total. The minimum absolute atomic E-state index is 0.209. The summed E-state index contributed by atoms with van der Waals surface area (Å²) in [4.78, 5) is 25.7. The van der Waals surface area contributed by atoms with Crippen molar-refractivity contribution in [1.29, 1.82) is 0 Å². The van der Waals surface area contributed by atoms with Crippen LogP contribution in [0.4, 0.5) is 9.39 Å². The highest BCUT2D eigenvalue weighted by atomic mass is 32.2. The number of fused-ring (bicyclic) bond motifs is 1. The summed E-state index contributed by atoms with van der Waals surface area (Å²) in [5.74, 6) is -0.490. The number of carbonyl (C=O) groups excluding carboxylic acids is 2. The van der Waals surface area contributed by atoms with Gasteiger partial charge in [0, 0.05) is 4.88 Å². The molecular weight excluding hydrogens is 455 g/mol. The third-order valence-electron chi connectivity index (χ3n) is 4.95. The van der Waals surface area contributed by atoms with E-state index in [9.17, 15) is 14.0 Å². The van der Waals surface area contributed by atoms with E-state index in [4.69, 9.17) is 14.9 Å². The number of nitrogens with zero attached hydrogens (tertiary/aromatic N) is 2. The summed E-state index contributed by atoms with van der Waals surface area (Å²) in [7, 11) is 0. The number of halogens is 1. The average Bonchev–Trinajstić information content (AvgIpc) is 3.45. The van der Waals surface area contributed by atoms with E-state index in [0.29, 0.717) is 16.3 Å². The Balaban J connectivity index is 1.38. The van der Waals surface area contributed by atoms with Gasteiger partial charge in [-0.3, -0.25) is 9.59 Å². The fourth-order valence-corrected chi connectivity index (χ4v) is 5.36. The van der Waals surface area contributed by atoms with Crippen LogP contribution in [0.2, 0.25) is 0 Å². The molecule has 32 heavy (non-hydrogen) atoms. The lowest BCUT2D eigenvalue weighted by Crippen LogP contribution is -2.24. The average molecular weight is 477 g/mol. The maximum Gasteiger partial charge on any atom is 0.277 e. The topological polar surface area (TPSA) is 120 Å². The molecule has 0 fully saturated rings. The molecule has 8 nitrogen and oxygen atoms in total. The zero-order valence-corrected chi connectivity index (χ0v) is 19.0. The number of aromatic nitrogens is 2. The first-order valence-electron chi connectivity index (χ1n) is 9.99. The van der Waals surface area contributed by atoms with Gasteiger partial charge in [0.2, 0.25) is 5.91 Å². The van der Waals surface area contributed by atoms with Crippen LogP contribution in [0.15, 0.2) is 33.9 Å². The van der Waals surface area contributed by atoms with Gasteiger partial charge in [-0.25, -0.2) is 4.39 Å². The first-order valence-corrected chi connectivity index (χ1v) is 11.7. The normalized spacial score (nSPS) is 14.6. The van der Waals surface area contributed by atoms with Crippen molar-refractivity contribution >= 4 is 39.9 Å². The predicted octanol–water partition coefficient (Wildman–Crippen LogP) is 4.12. The van der Waals surface area contributed by atoms with E-state index in [1.54, 1.807) is 13.8 Å². The van der Waals surface area contributed by atoms with Gasteiger partial charge in [-0.1, -0.05) is 11.8 Å². The van der Waals surface area contributed by atoms with E-state index in [0.717, 1.165) is 41.5 Å². The Morgan fingerprint density at radius 3 is 2.72 bits per heavy atom. The minimum atomic E-state index is -0.561. The van der Waals surface area contributed by atoms with Crippen LogP contribution in [0, 0.1) is 5.82 Å². The first kappa shape index (κ1) is 22.3. The van der Waals surface area contributed by atoms with Gasteiger partial charge in [-0.15, -0.1) is 21.5 Å². The van der Waals surface area contributed by atoms with E-state index in [-0.39, 0.29) is 22.8 Å². The Bertz CT molecular complexity index is 1150. The number of benzene rings is 1. The van der Waals surface area contributed by atoms with Gasteiger partial charge >= 0.3 is 0 Å². The van der Waals surface area contributed by atoms with Gasteiger partial charge in [-0.05, 0) is 62.9 Å². The monoisotopic (exact) mass is 476 g/mol. The minimum Gasteiger partial charge on any atom is -0.481 e. The molecule has 0 saturated carbocycles. The number of nitrogens with two attached hydrogens (primary N) is 1. The highest BCUT2D eigenvalue weighted by molar-refractivity contribution is 8.00. The van der Waals surface area contributed by atoms with Crippen molar-refractivity contribution in [3.8, 4) is 5.75 Å². The number of ether oxygens (including phenoxy) is 1. The number of amides is 2. The summed E-state index contributed by atoms with van der Waals surface area (Å²) in [6, 6.07) is 5.60. The van der Waals surface area contributed by atoms with Gasteiger partial charge in [0.25, 0.3) is 17.0 Å². The van der Waals surface area contributed by atoms with E-state index in [1.807, 2.05) is 0 Å². The van der Waals surface area contributed by atoms with Gasteiger partial charge in [-0.2, -0.15) is 0 Å². The quantitative estimate of drug-likeness (QED) is 0.469. The molecule has 4 rings (SSSR count). The molecule has 0 unspecified atom stereocenters. The van der Waals surface area contributed by atoms with Crippen LogP contribution in [0.3, 0.4) is 0 Å². The fourth-order valence-electron chi connectivity index (χ4n) is 3.37. The fraction of sp³-hybridized carbons (Fsp3) is 0.333. The van der Waals surface area contributed by atoms with Crippen LogP contribution < -0.4 is 15.8 Å². The van der Waals surface area contributed by atoms with Crippen LogP contribution in [0.5, 0.6) is 5.75 Å². The molecule has 0 bridgehead atoms. The number of aryl methyl sites for hydroxylation is 1. The van der Waals surface area contributed by atoms with Gasteiger partial charge in [0.1, 0.15) is 16.6 Å². The molecule has 0 spiro atoms. The zero-order chi connectivity index (χ0) is 22.8. The van der Waals surface area contributed by atoms with E-state index < -0.39 is 17.3 Å². The highest BCUT2D eigenvalue weighted by Crippen LogP contribution is 2.39. The van der Waals surface area contributed by atoms with Crippen LogP contribution >= 0.6 is 23.1 Å². The predicted molar refractivity (Wildman–Crippen MR) is 119 cm³/mol. The summed E-state index contributed by atoms with van der Waals surface area (Å²) >= 11 is 2.50. The number of hydrogen-bond donors (Lipinski definition) is 2. The largest absolute Gasteiger partial charge is 0.481 e. The smallest absolute Gasteiger partial charge is 0.277 e. The molecule has 3 aromatic rings. The van der Waals surface area contributed by atoms with Crippen LogP contribution in [0.25, 0.3) is 0 Å². The molecule has 1 aliphatic rings. The lowest BCUT2D eigenvalue weighted by molar-refractivity contribution is -0.115. The Hall–Kier alpha value is -2.92. The molecule has 1 aliphatic carbocycles. The lowest BCUT2D eigenvalue weighted by Gasteiger charge is -2.11. The van der Waals surface area contributed by atoms with Crippen molar-refractivity contribution in [2.24, 2.45) is 5.73 Å². The number of thioether (sulfide) groups is 1. The third-order valence-corrected chi connectivity index (χ3v) is 7.09. The van der Waals surface area contributed by atoms with Crippen molar-refractivity contribution in [3.63, 3.8) is 0 Å². The van der Waals surface area contributed by atoms with Gasteiger partial charge in [0.15, 0.2) is 6.10 Å². The Morgan fingerprint density at radius 1 is 1.25 bits per heavy atom. The van der Waals surface area contributed by atoms with Gasteiger partial charge < -0.3 is 20.2 Å². The van der Waals surface area contributed by atoms with Crippen molar-refractivity contribution in [2.75, 3.05) is 5.32 Å². The molecule has 2 amide bonds. The van der Waals surface area contributed by atoms with E-state index >= 15 is 0 Å². The molecule has 0 saturated heterocycles. The highest BCUT2D eigenvalue weighted by Gasteiger charge is 2.28. The zero-order valence-electron chi connectivity index (χ0n) is 17.4. The van der Waals surface area contributed by atoms with E-state index in [2.05, 4.69) is 15.5 Å². The number of rotatable bonds is 8. The summed E-state index contributed by atoms with van der Waals surface area (Å²) in [6.45, 7) is 3.43. The molecule has 2 atom stereocenters. The number of primary amides is 1. The molecular formula is C21H21FN4O4S2. The lowest BCUT2D eigenvalue weighted by atomic mass is 10.1. The molecule has 0 aliphatic heterocycles. The second-order valence-electron chi connectivity index (χ2n) is 7.30. The third kappa shape index (κ3) is 4.78. The Morgan fingerprint density at radius 2 is 2.00 bits per heavy atom.